The molecule has 2 N–H and O–H groups in total. The Morgan fingerprint density at radius 2 is 1.89 bits per heavy atom. The first-order valence-electron chi connectivity index (χ1n) is 7.14. The van der Waals surface area contributed by atoms with Crippen LogP contribution in [0.25, 0.3) is 0 Å². The molecule has 1 rings (SSSR count). The lowest BCUT2D eigenvalue weighted by Gasteiger charge is -2.39. The van der Waals surface area contributed by atoms with E-state index < -0.39 is 11.4 Å². The van der Waals surface area contributed by atoms with Crippen molar-refractivity contribution in [3.63, 3.8) is 0 Å². The monoisotopic (exact) mass is 269 g/mol. The summed E-state index contributed by atoms with van der Waals surface area (Å²) in [4.78, 5) is 22.8. The van der Waals surface area contributed by atoms with Gasteiger partial charge in [0.25, 0.3) is 0 Å². The fourth-order valence-corrected chi connectivity index (χ4v) is 2.91. The first kappa shape index (κ1) is 16.0. The summed E-state index contributed by atoms with van der Waals surface area (Å²) >= 11 is 0. The summed E-state index contributed by atoms with van der Waals surface area (Å²) in [6, 6.07) is 0.217. The standard InChI is InChI=1S/C15H27NO3/c1-14(2,10-13(18)19)9-12(17)16-11-7-5-6-8-15(11,3)4/h11H,5-10H2,1-4H3,(H,16,17)(H,18,19). The second kappa shape index (κ2) is 5.93. The van der Waals surface area contributed by atoms with Gasteiger partial charge in [-0.1, -0.05) is 40.5 Å². The number of carboxylic acids is 1. The fraction of sp³-hybridized carbons (Fsp3) is 0.867. The molecule has 1 fully saturated rings. The number of rotatable bonds is 5. The molecule has 0 radical (unpaired) electrons. The topological polar surface area (TPSA) is 66.4 Å². The van der Waals surface area contributed by atoms with Crippen LogP contribution in [0.2, 0.25) is 0 Å². The summed E-state index contributed by atoms with van der Waals surface area (Å²) in [5.41, 5.74) is -0.348. The normalized spacial score (nSPS) is 22.8. The van der Waals surface area contributed by atoms with Crippen molar-refractivity contribution in [1.82, 2.24) is 5.32 Å². The summed E-state index contributed by atoms with van der Waals surface area (Å²) < 4.78 is 0. The van der Waals surface area contributed by atoms with Crippen molar-refractivity contribution in [2.75, 3.05) is 0 Å². The van der Waals surface area contributed by atoms with Crippen LogP contribution in [-0.4, -0.2) is 23.0 Å². The van der Waals surface area contributed by atoms with Gasteiger partial charge in [-0.25, -0.2) is 0 Å². The van der Waals surface area contributed by atoms with Gasteiger partial charge in [-0.2, -0.15) is 0 Å². The lowest BCUT2D eigenvalue weighted by atomic mass is 9.73. The van der Waals surface area contributed by atoms with Gasteiger partial charge in [0.2, 0.25) is 5.91 Å². The van der Waals surface area contributed by atoms with Crippen LogP contribution in [0.5, 0.6) is 0 Å². The Labute approximate surface area is 116 Å². The largest absolute Gasteiger partial charge is 0.481 e. The SMILES string of the molecule is CC(C)(CC(=O)O)CC(=O)NC1CCCCC1(C)C. The van der Waals surface area contributed by atoms with Gasteiger partial charge in [-0.05, 0) is 23.7 Å². The summed E-state index contributed by atoms with van der Waals surface area (Å²) in [6.45, 7) is 8.04. The molecule has 0 aliphatic heterocycles. The third kappa shape index (κ3) is 5.21. The van der Waals surface area contributed by atoms with Gasteiger partial charge < -0.3 is 10.4 Å². The van der Waals surface area contributed by atoms with Crippen LogP contribution in [0.4, 0.5) is 0 Å². The predicted molar refractivity (Wildman–Crippen MR) is 74.8 cm³/mol. The van der Waals surface area contributed by atoms with E-state index in [0.717, 1.165) is 19.3 Å². The second-order valence-electron chi connectivity index (χ2n) is 7.27. The molecular weight excluding hydrogens is 242 g/mol. The van der Waals surface area contributed by atoms with E-state index in [9.17, 15) is 9.59 Å². The minimum atomic E-state index is -0.851. The highest BCUT2D eigenvalue weighted by molar-refractivity contribution is 5.78. The summed E-state index contributed by atoms with van der Waals surface area (Å²) in [7, 11) is 0. The van der Waals surface area contributed by atoms with Crippen molar-refractivity contribution in [2.45, 2.75) is 72.3 Å². The van der Waals surface area contributed by atoms with Crippen molar-refractivity contribution in [3.8, 4) is 0 Å². The molecule has 4 heteroatoms. The van der Waals surface area contributed by atoms with Crippen LogP contribution in [0.3, 0.4) is 0 Å². The molecule has 1 aliphatic carbocycles. The molecule has 19 heavy (non-hydrogen) atoms. The Hall–Kier alpha value is -1.06. The van der Waals surface area contributed by atoms with Gasteiger partial charge in [-0.15, -0.1) is 0 Å². The molecule has 0 saturated heterocycles. The van der Waals surface area contributed by atoms with Crippen LogP contribution in [0.15, 0.2) is 0 Å². The van der Waals surface area contributed by atoms with E-state index in [2.05, 4.69) is 19.2 Å². The summed E-state index contributed by atoms with van der Waals surface area (Å²) in [5, 5.41) is 11.9. The highest BCUT2D eigenvalue weighted by Crippen LogP contribution is 2.35. The quantitative estimate of drug-likeness (QED) is 0.806. The smallest absolute Gasteiger partial charge is 0.303 e. The molecule has 1 aliphatic rings. The number of nitrogens with one attached hydrogen (secondary N) is 1. The number of hydrogen-bond acceptors (Lipinski definition) is 2. The van der Waals surface area contributed by atoms with Gasteiger partial charge in [-0.3, -0.25) is 9.59 Å². The zero-order valence-corrected chi connectivity index (χ0v) is 12.6. The van der Waals surface area contributed by atoms with E-state index in [1.54, 1.807) is 0 Å². The van der Waals surface area contributed by atoms with Gasteiger partial charge >= 0.3 is 5.97 Å². The number of hydrogen-bond donors (Lipinski definition) is 2. The van der Waals surface area contributed by atoms with Crippen LogP contribution in [0.1, 0.15) is 66.2 Å². The van der Waals surface area contributed by atoms with Gasteiger partial charge in [0, 0.05) is 12.5 Å². The van der Waals surface area contributed by atoms with Crippen LogP contribution >= 0.6 is 0 Å². The maximum absolute atomic E-state index is 12.1. The van der Waals surface area contributed by atoms with Crippen LogP contribution in [0, 0.1) is 10.8 Å². The van der Waals surface area contributed by atoms with Gasteiger partial charge in [0.1, 0.15) is 0 Å². The highest BCUT2D eigenvalue weighted by atomic mass is 16.4. The molecule has 1 amide bonds. The molecule has 4 nitrogen and oxygen atoms in total. The lowest BCUT2D eigenvalue weighted by Crippen LogP contribution is -2.47. The Kier molecular flexibility index (Phi) is 4.99. The highest BCUT2D eigenvalue weighted by Gasteiger charge is 2.34. The van der Waals surface area contributed by atoms with E-state index in [4.69, 9.17) is 5.11 Å². The lowest BCUT2D eigenvalue weighted by molar-refractivity contribution is -0.139. The average Bonchev–Trinajstić information content (AvgIpc) is 2.17. The summed E-state index contributed by atoms with van der Waals surface area (Å²) in [6.07, 6.45) is 4.84. The third-order valence-corrected chi connectivity index (χ3v) is 4.11. The maximum atomic E-state index is 12.1. The number of carbonyl (C=O) groups is 2. The maximum Gasteiger partial charge on any atom is 0.303 e. The third-order valence-electron chi connectivity index (χ3n) is 4.11. The Morgan fingerprint density at radius 1 is 1.26 bits per heavy atom. The number of carboxylic acid groups (broad SMARTS) is 1. The van der Waals surface area contributed by atoms with E-state index in [-0.39, 0.29) is 30.2 Å². The number of amides is 1. The molecule has 1 unspecified atom stereocenters. The van der Waals surface area contributed by atoms with E-state index in [1.807, 2.05) is 13.8 Å². The van der Waals surface area contributed by atoms with E-state index >= 15 is 0 Å². The number of aliphatic carboxylic acids is 1. The molecular formula is C15H27NO3. The predicted octanol–water partition coefficient (Wildman–Crippen LogP) is 2.96. The minimum Gasteiger partial charge on any atom is -0.481 e. The molecule has 0 aromatic heterocycles. The Morgan fingerprint density at radius 3 is 2.42 bits per heavy atom. The number of carbonyl (C=O) groups excluding carboxylic acids is 1. The first-order valence-corrected chi connectivity index (χ1v) is 7.14. The first-order chi connectivity index (χ1) is 8.62. The van der Waals surface area contributed by atoms with E-state index in [0.29, 0.717) is 0 Å². The zero-order chi connectivity index (χ0) is 14.7. The molecule has 1 atom stereocenters. The van der Waals surface area contributed by atoms with Crippen LogP contribution in [-0.2, 0) is 9.59 Å². The van der Waals surface area contributed by atoms with Gasteiger partial charge in [0.15, 0.2) is 0 Å². The molecule has 0 bridgehead atoms. The molecule has 0 aromatic carbocycles. The van der Waals surface area contributed by atoms with Crippen molar-refractivity contribution in [2.24, 2.45) is 10.8 Å². The Bertz CT molecular complexity index is 347. The minimum absolute atomic E-state index is 0.0220. The van der Waals surface area contributed by atoms with Crippen molar-refractivity contribution in [1.29, 1.82) is 0 Å². The Balaban J connectivity index is 2.53. The fourth-order valence-electron chi connectivity index (χ4n) is 2.91. The van der Waals surface area contributed by atoms with Crippen molar-refractivity contribution >= 4 is 11.9 Å². The molecule has 1 saturated carbocycles. The van der Waals surface area contributed by atoms with Gasteiger partial charge in [0.05, 0.1) is 6.42 Å². The van der Waals surface area contributed by atoms with Crippen LogP contribution < -0.4 is 5.32 Å². The zero-order valence-electron chi connectivity index (χ0n) is 12.6. The van der Waals surface area contributed by atoms with Crippen molar-refractivity contribution < 1.29 is 14.7 Å². The molecule has 0 spiro atoms. The molecule has 0 heterocycles. The van der Waals surface area contributed by atoms with Crippen molar-refractivity contribution in [3.05, 3.63) is 0 Å². The van der Waals surface area contributed by atoms with E-state index in [1.165, 1.54) is 6.42 Å². The second-order valence-corrected chi connectivity index (χ2v) is 7.27. The molecule has 0 aromatic rings. The molecule has 110 valence electrons. The summed E-state index contributed by atoms with van der Waals surface area (Å²) in [5.74, 6) is -0.873. The average molecular weight is 269 g/mol.